The molecule has 11 heteroatoms. The minimum absolute atomic E-state index is 0.00852. The number of rotatable bonds is 10. The number of anilines is 1. The lowest BCUT2D eigenvalue weighted by atomic mass is 10.1. The molecule has 186 valence electrons. The van der Waals surface area contributed by atoms with Gasteiger partial charge in [-0.3, -0.25) is 13.9 Å². The van der Waals surface area contributed by atoms with Crippen LogP contribution in [0.2, 0.25) is 15.1 Å². The summed E-state index contributed by atoms with van der Waals surface area (Å²) in [5.74, 6) is -0.924. The van der Waals surface area contributed by atoms with Crippen molar-refractivity contribution < 1.29 is 18.0 Å². The fourth-order valence-corrected chi connectivity index (χ4v) is 4.54. The third-order valence-corrected chi connectivity index (χ3v) is 7.50. The van der Waals surface area contributed by atoms with E-state index in [0.717, 1.165) is 22.5 Å². The van der Waals surface area contributed by atoms with Crippen LogP contribution in [0.25, 0.3) is 0 Å². The highest BCUT2D eigenvalue weighted by Gasteiger charge is 2.31. The van der Waals surface area contributed by atoms with Crippen LogP contribution in [-0.4, -0.2) is 50.0 Å². The molecule has 0 saturated heterocycles. The molecule has 0 unspecified atom stereocenters. The van der Waals surface area contributed by atoms with Gasteiger partial charge in [0.05, 0.1) is 22.0 Å². The minimum Gasteiger partial charge on any atom is -0.352 e. The molecule has 2 rings (SSSR count). The highest BCUT2D eigenvalue weighted by molar-refractivity contribution is 7.92. The van der Waals surface area contributed by atoms with Crippen LogP contribution in [0.3, 0.4) is 0 Å². The first-order chi connectivity index (χ1) is 15.8. The maximum absolute atomic E-state index is 13.5. The van der Waals surface area contributed by atoms with Gasteiger partial charge in [0.2, 0.25) is 21.8 Å². The molecule has 34 heavy (non-hydrogen) atoms. The molecule has 0 radical (unpaired) electrons. The summed E-state index contributed by atoms with van der Waals surface area (Å²) in [5, 5.41) is 3.56. The third-order valence-electron chi connectivity index (χ3n) is 5.31. The van der Waals surface area contributed by atoms with Gasteiger partial charge in [-0.25, -0.2) is 8.42 Å². The largest absolute Gasteiger partial charge is 0.352 e. The Bertz CT molecular complexity index is 1130. The van der Waals surface area contributed by atoms with Crippen LogP contribution in [-0.2, 0) is 26.2 Å². The van der Waals surface area contributed by atoms with E-state index in [1.165, 1.54) is 17.0 Å². The molecule has 0 aliphatic heterocycles. The molecular weight excluding hydrogens is 521 g/mol. The Hall–Kier alpha value is -2.00. The third kappa shape index (κ3) is 7.50. The Morgan fingerprint density at radius 1 is 1.03 bits per heavy atom. The normalized spacial score (nSPS) is 13.1. The predicted octanol–water partition coefficient (Wildman–Crippen LogP) is 4.74. The molecule has 0 fully saturated rings. The number of sulfonamides is 1. The van der Waals surface area contributed by atoms with E-state index in [1.807, 2.05) is 13.8 Å². The zero-order chi connectivity index (χ0) is 25.6. The quantitative estimate of drug-likeness (QED) is 0.464. The van der Waals surface area contributed by atoms with Gasteiger partial charge in [-0.15, -0.1) is 0 Å². The van der Waals surface area contributed by atoms with E-state index in [4.69, 9.17) is 34.8 Å². The number of amides is 2. The van der Waals surface area contributed by atoms with Crippen LogP contribution in [0.5, 0.6) is 0 Å². The van der Waals surface area contributed by atoms with Crippen molar-refractivity contribution in [1.82, 2.24) is 10.2 Å². The molecule has 0 aliphatic rings. The van der Waals surface area contributed by atoms with Gasteiger partial charge in [0.25, 0.3) is 0 Å². The number of carbonyl (C=O) groups excluding carboxylic acids is 2. The van der Waals surface area contributed by atoms with Gasteiger partial charge < -0.3 is 10.2 Å². The van der Waals surface area contributed by atoms with Crippen molar-refractivity contribution in [3.63, 3.8) is 0 Å². The van der Waals surface area contributed by atoms with Crippen molar-refractivity contribution in [3.8, 4) is 0 Å². The topological polar surface area (TPSA) is 86.8 Å². The molecule has 0 aliphatic carbocycles. The van der Waals surface area contributed by atoms with Crippen LogP contribution >= 0.6 is 34.8 Å². The van der Waals surface area contributed by atoms with Gasteiger partial charge in [-0.1, -0.05) is 59.9 Å². The lowest BCUT2D eigenvalue weighted by molar-refractivity contribution is -0.139. The summed E-state index contributed by atoms with van der Waals surface area (Å²) >= 11 is 18.3. The lowest BCUT2D eigenvalue weighted by Crippen LogP contribution is -2.52. The Morgan fingerprint density at radius 2 is 1.65 bits per heavy atom. The van der Waals surface area contributed by atoms with Crippen molar-refractivity contribution in [1.29, 1.82) is 0 Å². The summed E-state index contributed by atoms with van der Waals surface area (Å²) in [6.07, 6.45) is 1.69. The summed E-state index contributed by atoms with van der Waals surface area (Å²) in [6.45, 7) is 4.91. The number of carbonyl (C=O) groups is 2. The molecule has 0 bridgehead atoms. The van der Waals surface area contributed by atoms with E-state index in [1.54, 1.807) is 37.3 Å². The van der Waals surface area contributed by atoms with Crippen molar-refractivity contribution in [3.05, 3.63) is 63.1 Å². The molecule has 2 aromatic carbocycles. The Labute approximate surface area is 216 Å². The first-order valence-electron chi connectivity index (χ1n) is 10.6. The minimum atomic E-state index is -3.91. The standard InChI is InChI=1S/C23H28Cl3N3O4S/c1-5-15(2)27-23(31)16(3)28(13-17-9-11-18(24)12-10-17)21(30)14-29(34(4,32)33)20-8-6-7-19(25)22(20)26/h6-12,15-16H,5,13-14H2,1-4H3,(H,27,31)/t15-,16+/m0/s1. The molecule has 2 atom stereocenters. The smallest absolute Gasteiger partial charge is 0.244 e. The number of nitrogens with zero attached hydrogens (tertiary/aromatic N) is 2. The van der Waals surface area contributed by atoms with Crippen molar-refractivity contribution in [2.75, 3.05) is 17.1 Å². The first-order valence-corrected chi connectivity index (χ1v) is 13.6. The second kappa shape index (κ2) is 12.1. The van der Waals surface area contributed by atoms with Gasteiger partial charge in [0, 0.05) is 17.6 Å². The number of nitrogens with one attached hydrogen (secondary N) is 1. The molecule has 0 aromatic heterocycles. The highest BCUT2D eigenvalue weighted by atomic mass is 35.5. The van der Waals surface area contributed by atoms with E-state index in [2.05, 4.69) is 5.32 Å². The summed E-state index contributed by atoms with van der Waals surface area (Å²) in [6, 6.07) is 10.4. The number of hydrogen-bond acceptors (Lipinski definition) is 4. The summed E-state index contributed by atoms with van der Waals surface area (Å²) in [5.41, 5.74) is 0.806. The first kappa shape index (κ1) is 28.2. The lowest BCUT2D eigenvalue weighted by Gasteiger charge is -2.32. The van der Waals surface area contributed by atoms with E-state index in [0.29, 0.717) is 5.02 Å². The number of hydrogen-bond donors (Lipinski definition) is 1. The molecule has 7 nitrogen and oxygen atoms in total. The van der Waals surface area contributed by atoms with Gasteiger partial charge in [0.15, 0.2) is 0 Å². The Balaban J connectivity index is 2.42. The van der Waals surface area contributed by atoms with Crippen LogP contribution in [0.15, 0.2) is 42.5 Å². The van der Waals surface area contributed by atoms with Gasteiger partial charge >= 0.3 is 0 Å². The summed E-state index contributed by atoms with van der Waals surface area (Å²) < 4.78 is 26.1. The average Bonchev–Trinajstić information content (AvgIpc) is 2.77. The number of halogens is 3. The van der Waals surface area contributed by atoms with Gasteiger partial charge in [0.1, 0.15) is 12.6 Å². The monoisotopic (exact) mass is 547 g/mol. The highest BCUT2D eigenvalue weighted by Crippen LogP contribution is 2.33. The summed E-state index contributed by atoms with van der Waals surface area (Å²) in [4.78, 5) is 27.7. The van der Waals surface area contributed by atoms with Crippen LogP contribution < -0.4 is 9.62 Å². The molecular formula is C23H28Cl3N3O4S. The van der Waals surface area contributed by atoms with Crippen molar-refractivity contribution in [2.45, 2.75) is 45.8 Å². The fourth-order valence-electron chi connectivity index (χ4n) is 3.11. The van der Waals surface area contributed by atoms with Gasteiger partial charge in [-0.2, -0.15) is 0 Å². The van der Waals surface area contributed by atoms with Crippen LogP contribution in [0, 0.1) is 0 Å². The summed E-state index contributed by atoms with van der Waals surface area (Å²) in [7, 11) is -3.91. The molecule has 0 saturated carbocycles. The fraction of sp³-hybridized carbons (Fsp3) is 0.391. The van der Waals surface area contributed by atoms with Gasteiger partial charge in [-0.05, 0) is 50.1 Å². The van der Waals surface area contributed by atoms with Crippen LogP contribution in [0.4, 0.5) is 5.69 Å². The maximum Gasteiger partial charge on any atom is 0.244 e. The predicted molar refractivity (Wildman–Crippen MR) is 138 cm³/mol. The molecule has 2 aromatic rings. The Kier molecular flexibility index (Phi) is 10.1. The molecule has 2 amide bonds. The second-order valence-electron chi connectivity index (χ2n) is 7.98. The van der Waals surface area contributed by atoms with E-state index in [-0.39, 0.29) is 34.2 Å². The maximum atomic E-state index is 13.5. The van der Waals surface area contributed by atoms with E-state index < -0.39 is 28.5 Å². The number of benzene rings is 2. The van der Waals surface area contributed by atoms with E-state index >= 15 is 0 Å². The molecule has 0 spiro atoms. The van der Waals surface area contributed by atoms with Crippen LogP contribution in [0.1, 0.15) is 32.8 Å². The zero-order valence-electron chi connectivity index (χ0n) is 19.4. The average molecular weight is 549 g/mol. The Morgan fingerprint density at radius 3 is 2.21 bits per heavy atom. The SMILES string of the molecule is CC[C@H](C)NC(=O)[C@@H](C)N(Cc1ccc(Cl)cc1)C(=O)CN(c1cccc(Cl)c1Cl)S(C)(=O)=O. The van der Waals surface area contributed by atoms with Crippen molar-refractivity contribution in [2.24, 2.45) is 0 Å². The second-order valence-corrected chi connectivity index (χ2v) is 11.1. The molecule has 1 N–H and O–H groups in total. The van der Waals surface area contributed by atoms with E-state index in [9.17, 15) is 18.0 Å². The molecule has 0 heterocycles. The zero-order valence-corrected chi connectivity index (χ0v) is 22.5. The van der Waals surface area contributed by atoms with Crippen molar-refractivity contribution >= 4 is 62.3 Å².